The van der Waals surface area contributed by atoms with Gasteiger partial charge in [0.05, 0.1) is 12.2 Å². The summed E-state index contributed by atoms with van der Waals surface area (Å²) < 4.78 is 6.30. The zero-order chi connectivity index (χ0) is 15.4. The number of unbranched alkanes of at least 4 members (excludes halogenated alkanes) is 1. The van der Waals surface area contributed by atoms with Crippen molar-refractivity contribution >= 4 is 0 Å². The fourth-order valence-corrected chi connectivity index (χ4v) is 4.28. The lowest BCUT2D eigenvalue weighted by atomic mass is 9.64. The average molecular weight is 302 g/mol. The van der Waals surface area contributed by atoms with Crippen LogP contribution in [0.15, 0.2) is 30.3 Å². The summed E-state index contributed by atoms with van der Waals surface area (Å²) in [5.74, 6) is 1.06. The predicted octanol–water partition coefficient (Wildman–Crippen LogP) is 2.74. The van der Waals surface area contributed by atoms with Crippen molar-refractivity contribution in [2.24, 2.45) is 17.6 Å². The van der Waals surface area contributed by atoms with Gasteiger partial charge in [0.25, 0.3) is 0 Å². The number of hydrogen-bond donors (Lipinski definition) is 2. The SMILES string of the molecule is CCCCC1(C2CNCCC2N)OCC1Cc1ccccc1. The third kappa shape index (κ3) is 3.08. The largest absolute Gasteiger partial charge is 0.374 e. The second-order valence-electron chi connectivity index (χ2n) is 7.02. The summed E-state index contributed by atoms with van der Waals surface area (Å²) in [6.45, 7) is 5.21. The summed E-state index contributed by atoms with van der Waals surface area (Å²) >= 11 is 0. The summed E-state index contributed by atoms with van der Waals surface area (Å²) in [4.78, 5) is 0. The first kappa shape index (κ1) is 16.0. The molecule has 0 radical (unpaired) electrons. The van der Waals surface area contributed by atoms with Crippen LogP contribution in [-0.4, -0.2) is 31.3 Å². The Labute approximate surface area is 134 Å². The molecule has 0 saturated carbocycles. The highest BCUT2D eigenvalue weighted by atomic mass is 16.5. The molecule has 0 bridgehead atoms. The first-order valence-electron chi connectivity index (χ1n) is 8.90. The Morgan fingerprint density at radius 1 is 1.32 bits per heavy atom. The molecule has 0 aromatic heterocycles. The number of piperidine rings is 1. The molecule has 2 saturated heterocycles. The molecule has 4 unspecified atom stereocenters. The molecule has 1 aromatic rings. The molecule has 3 N–H and O–H groups in total. The summed E-state index contributed by atoms with van der Waals surface area (Å²) in [5, 5.41) is 3.54. The molecular weight excluding hydrogens is 272 g/mol. The van der Waals surface area contributed by atoms with Gasteiger partial charge in [-0.2, -0.15) is 0 Å². The second-order valence-corrected chi connectivity index (χ2v) is 7.02. The number of hydrogen-bond acceptors (Lipinski definition) is 3. The Balaban J connectivity index is 1.76. The molecule has 22 heavy (non-hydrogen) atoms. The van der Waals surface area contributed by atoms with E-state index in [-0.39, 0.29) is 11.6 Å². The maximum Gasteiger partial charge on any atom is 0.0790 e. The quantitative estimate of drug-likeness (QED) is 0.849. The molecule has 2 aliphatic rings. The minimum absolute atomic E-state index is 0.00130. The first-order chi connectivity index (χ1) is 10.8. The maximum absolute atomic E-state index is 6.48. The van der Waals surface area contributed by atoms with Gasteiger partial charge in [-0.1, -0.05) is 50.1 Å². The van der Waals surface area contributed by atoms with Gasteiger partial charge >= 0.3 is 0 Å². The molecule has 1 aromatic carbocycles. The van der Waals surface area contributed by atoms with Gasteiger partial charge in [0.2, 0.25) is 0 Å². The van der Waals surface area contributed by atoms with Gasteiger partial charge in [-0.05, 0) is 31.4 Å². The van der Waals surface area contributed by atoms with E-state index in [1.807, 2.05) is 0 Å². The Morgan fingerprint density at radius 3 is 2.77 bits per heavy atom. The Morgan fingerprint density at radius 2 is 2.14 bits per heavy atom. The fourth-order valence-electron chi connectivity index (χ4n) is 4.28. The molecule has 0 spiro atoms. The lowest BCUT2D eigenvalue weighted by Crippen LogP contribution is -2.66. The van der Waals surface area contributed by atoms with E-state index < -0.39 is 0 Å². The van der Waals surface area contributed by atoms with Gasteiger partial charge in [0.15, 0.2) is 0 Å². The van der Waals surface area contributed by atoms with Crippen LogP contribution < -0.4 is 11.1 Å². The van der Waals surface area contributed by atoms with E-state index in [0.29, 0.717) is 11.8 Å². The van der Waals surface area contributed by atoms with Crippen molar-refractivity contribution in [2.45, 2.75) is 50.7 Å². The summed E-state index contributed by atoms with van der Waals surface area (Å²) in [6, 6.07) is 11.1. The molecule has 122 valence electrons. The van der Waals surface area contributed by atoms with Crippen LogP contribution >= 0.6 is 0 Å². The topological polar surface area (TPSA) is 47.3 Å². The molecule has 2 fully saturated rings. The molecule has 2 aliphatic heterocycles. The van der Waals surface area contributed by atoms with Gasteiger partial charge in [0.1, 0.15) is 0 Å². The Bertz CT molecular complexity index is 464. The molecule has 4 atom stereocenters. The van der Waals surface area contributed by atoms with E-state index in [4.69, 9.17) is 10.5 Å². The van der Waals surface area contributed by atoms with E-state index in [2.05, 4.69) is 42.6 Å². The molecule has 3 nitrogen and oxygen atoms in total. The minimum atomic E-state index is -0.00130. The number of rotatable bonds is 6. The van der Waals surface area contributed by atoms with Crippen LogP contribution in [0.1, 0.15) is 38.2 Å². The van der Waals surface area contributed by atoms with E-state index >= 15 is 0 Å². The highest BCUT2D eigenvalue weighted by Gasteiger charge is 2.54. The molecule has 2 heterocycles. The highest BCUT2D eigenvalue weighted by molar-refractivity contribution is 5.18. The van der Waals surface area contributed by atoms with Crippen molar-refractivity contribution < 1.29 is 4.74 Å². The minimum Gasteiger partial charge on any atom is -0.374 e. The summed E-state index contributed by atoms with van der Waals surface area (Å²) in [7, 11) is 0. The fraction of sp³-hybridized carbons (Fsp3) is 0.684. The van der Waals surface area contributed by atoms with Crippen LogP contribution in [0.3, 0.4) is 0 Å². The van der Waals surface area contributed by atoms with Crippen molar-refractivity contribution in [1.82, 2.24) is 5.32 Å². The van der Waals surface area contributed by atoms with Crippen LogP contribution in [0.25, 0.3) is 0 Å². The number of nitrogens with two attached hydrogens (primary N) is 1. The molecule has 0 aliphatic carbocycles. The van der Waals surface area contributed by atoms with Crippen LogP contribution in [0, 0.1) is 11.8 Å². The number of nitrogens with one attached hydrogen (secondary N) is 1. The van der Waals surface area contributed by atoms with E-state index in [0.717, 1.165) is 39.0 Å². The van der Waals surface area contributed by atoms with Gasteiger partial charge in [-0.25, -0.2) is 0 Å². The van der Waals surface area contributed by atoms with Crippen molar-refractivity contribution in [1.29, 1.82) is 0 Å². The number of benzene rings is 1. The molecule has 3 rings (SSSR count). The third-order valence-corrected chi connectivity index (χ3v) is 5.65. The zero-order valence-electron chi connectivity index (χ0n) is 13.8. The van der Waals surface area contributed by atoms with Gasteiger partial charge in [0, 0.05) is 24.4 Å². The molecule has 3 heteroatoms. The van der Waals surface area contributed by atoms with E-state index in [9.17, 15) is 0 Å². The van der Waals surface area contributed by atoms with Crippen molar-refractivity contribution in [2.75, 3.05) is 19.7 Å². The van der Waals surface area contributed by atoms with Crippen LogP contribution in [0.2, 0.25) is 0 Å². The third-order valence-electron chi connectivity index (χ3n) is 5.65. The molecule has 0 amide bonds. The van der Waals surface area contributed by atoms with Crippen LogP contribution in [-0.2, 0) is 11.2 Å². The van der Waals surface area contributed by atoms with Crippen molar-refractivity contribution in [3.8, 4) is 0 Å². The van der Waals surface area contributed by atoms with Gasteiger partial charge < -0.3 is 15.8 Å². The van der Waals surface area contributed by atoms with Crippen LogP contribution in [0.5, 0.6) is 0 Å². The van der Waals surface area contributed by atoms with Crippen molar-refractivity contribution in [3.63, 3.8) is 0 Å². The zero-order valence-corrected chi connectivity index (χ0v) is 13.8. The van der Waals surface area contributed by atoms with E-state index in [1.54, 1.807) is 0 Å². The average Bonchev–Trinajstić information content (AvgIpc) is 2.55. The van der Waals surface area contributed by atoms with E-state index in [1.165, 1.54) is 18.4 Å². The standard InChI is InChI=1S/C19H30N2O/c1-2-3-10-19(17-13-21-11-9-18(17)20)16(14-22-19)12-15-7-5-4-6-8-15/h4-8,16-18,21H,2-3,9-14,20H2,1H3. The van der Waals surface area contributed by atoms with Gasteiger partial charge in [-0.3, -0.25) is 0 Å². The lowest BCUT2D eigenvalue weighted by Gasteiger charge is -2.57. The monoisotopic (exact) mass is 302 g/mol. The molecular formula is C19H30N2O. The van der Waals surface area contributed by atoms with Crippen molar-refractivity contribution in [3.05, 3.63) is 35.9 Å². The highest BCUT2D eigenvalue weighted by Crippen LogP contribution is 2.47. The normalized spacial score (nSPS) is 35.1. The Kier molecular flexibility index (Phi) is 5.17. The smallest absolute Gasteiger partial charge is 0.0790 e. The summed E-state index contributed by atoms with van der Waals surface area (Å²) in [5.41, 5.74) is 7.91. The number of ether oxygens (including phenoxy) is 1. The lowest BCUT2D eigenvalue weighted by molar-refractivity contribution is -0.243. The van der Waals surface area contributed by atoms with Crippen LogP contribution in [0.4, 0.5) is 0 Å². The predicted molar refractivity (Wildman–Crippen MR) is 90.8 cm³/mol. The second kappa shape index (κ2) is 7.12. The van der Waals surface area contributed by atoms with Gasteiger partial charge in [-0.15, -0.1) is 0 Å². The Hall–Kier alpha value is -0.900. The first-order valence-corrected chi connectivity index (χ1v) is 8.90. The maximum atomic E-state index is 6.48. The summed E-state index contributed by atoms with van der Waals surface area (Å²) in [6.07, 6.45) is 5.79.